The van der Waals surface area contributed by atoms with E-state index in [4.69, 9.17) is 9.84 Å². The second-order valence-corrected chi connectivity index (χ2v) is 9.18. The topological polar surface area (TPSA) is 88.5 Å². The third kappa shape index (κ3) is 5.70. The first-order valence-corrected chi connectivity index (χ1v) is 12.2. The average Bonchev–Trinajstić information content (AvgIpc) is 3.39. The number of carboxylic acid groups (broad SMARTS) is 1. The summed E-state index contributed by atoms with van der Waals surface area (Å²) in [4.78, 5) is 28.9. The number of hydrogen-bond donors (Lipinski definition) is 2. The quantitative estimate of drug-likeness (QED) is 0.399. The van der Waals surface area contributed by atoms with Crippen molar-refractivity contribution in [2.75, 3.05) is 12.4 Å². The number of pyridine rings is 1. The number of amides is 1. The molecule has 3 aromatic rings. The lowest BCUT2D eigenvalue weighted by Gasteiger charge is -2.24. The van der Waals surface area contributed by atoms with E-state index in [1.807, 2.05) is 61.5 Å². The first-order valence-electron chi connectivity index (χ1n) is 12.2. The van der Waals surface area contributed by atoms with Gasteiger partial charge in [-0.25, -0.2) is 4.98 Å². The van der Waals surface area contributed by atoms with E-state index in [-0.39, 0.29) is 18.2 Å². The number of nitrogens with zero attached hydrogens (tertiary/aromatic N) is 1. The van der Waals surface area contributed by atoms with Crippen LogP contribution in [0.3, 0.4) is 0 Å². The Balaban J connectivity index is 1.59. The normalized spacial score (nSPS) is 14.5. The van der Waals surface area contributed by atoms with Gasteiger partial charge in [0.2, 0.25) is 11.8 Å². The van der Waals surface area contributed by atoms with Crippen LogP contribution in [0.25, 0.3) is 11.1 Å². The van der Waals surface area contributed by atoms with Gasteiger partial charge in [-0.1, -0.05) is 49.2 Å². The van der Waals surface area contributed by atoms with Crippen LogP contribution in [-0.4, -0.2) is 29.1 Å². The van der Waals surface area contributed by atoms with Gasteiger partial charge in [0.25, 0.3) is 0 Å². The number of rotatable bonds is 9. The SMILES string of the molecule is COc1ncccc1-c1ccc(C(C(=O)Nc2cccc(CCC(=O)O)c2C)C2CCCC2)cc1. The molecular weight excluding hydrogens is 440 g/mol. The molecule has 1 heterocycles. The summed E-state index contributed by atoms with van der Waals surface area (Å²) < 4.78 is 5.41. The number of aryl methyl sites for hydroxylation is 1. The van der Waals surface area contributed by atoms with Crippen LogP contribution >= 0.6 is 0 Å². The van der Waals surface area contributed by atoms with Gasteiger partial charge in [-0.05, 0) is 72.6 Å². The lowest BCUT2D eigenvalue weighted by atomic mass is 9.83. The second kappa shape index (κ2) is 11.2. The first kappa shape index (κ1) is 24.5. The number of ether oxygens (including phenoxy) is 1. The molecular formula is C29H32N2O4. The highest BCUT2D eigenvalue weighted by atomic mass is 16.5. The van der Waals surface area contributed by atoms with E-state index < -0.39 is 5.97 Å². The molecule has 2 N–H and O–H groups in total. The van der Waals surface area contributed by atoms with Crippen molar-refractivity contribution in [1.29, 1.82) is 0 Å². The number of methoxy groups -OCH3 is 1. The minimum Gasteiger partial charge on any atom is -0.481 e. The van der Waals surface area contributed by atoms with Gasteiger partial charge in [0.1, 0.15) is 0 Å². The molecule has 1 amide bonds. The molecule has 0 saturated heterocycles. The van der Waals surface area contributed by atoms with E-state index in [0.29, 0.717) is 18.2 Å². The molecule has 35 heavy (non-hydrogen) atoms. The van der Waals surface area contributed by atoms with Gasteiger partial charge < -0.3 is 15.2 Å². The summed E-state index contributed by atoms with van der Waals surface area (Å²) in [6.07, 6.45) is 6.57. The van der Waals surface area contributed by atoms with E-state index in [2.05, 4.69) is 10.3 Å². The molecule has 6 nitrogen and oxygen atoms in total. The Morgan fingerprint density at radius 1 is 1.09 bits per heavy atom. The van der Waals surface area contributed by atoms with Gasteiger partial charge in [-0.2, -0.15) is 0 Å². The molecule has 2 aromatic carbocycles. The molecule has 1 saturated carbocycles. The summed E-state index contributed by atoms with van der Waals surface area (Å²) in [7, 11) is 1.61. The molecule has 182 valence electrons. The van der Waals surface area contributed by atoms with E-state index >= 15 is 0 Å². The van der Waals surface area contributed by atoms with E-state index in [0.717, 1.165) is 59.2 Å². The molecule has 6 heteroatoms. The number of benzene rings is 2. The van der Waals surface area contributed by atoms with Gasteiger partial charge >= 0.3 is 5.97 Å². The van der Waals surface area contributed by atoms with Gasteiger partial charge in [-0.15, -0.1) is 0 Å². The van der Waals surface area contributed by atoms with E-state index in [1.165, 1.54) is 0 Å². The maximum absolute atomic E-state index is 13.6. The summed E-state index contributed by atoms with van der Waals surface area (Å²) in [6.45, 7) is 1.94. The molecule has 0 spiro atoms. The van der Waals surface area contributed by atoms with Crippen molar-refractivity contribution in [2.45, 2.75) is 51.4 Å². The van der Waals surface area contributed by atoms with Gasteiger partial charge in [-0.3, -0.25) is 9.59 Å². The Hall–Kier alpha value is -3.67. The Morgan fingerprint density at radius 3 is 2.51 bits per heavy atom. The molecule has 1 aromatic heterocycles. The summed E-state index contributed by atoms with van der Waals surface area (Å²) in [5.41, 5.74) is 5.52. The van der Waals surface area contributed by atoms with E-state index in [1.54, 1.807) is 13.3 Å². The average molecular weight is 473 g/mol. The zero-order valence-electron chi connectivity index (χ0n) is 20.3. The summed E-state index contributed by atoms with van der Waals surface area (Å²) in [5.74, 6) is -0.216. The Morgan fingerprint density at radius 2 is 1.83 bits per heavy atom. The standard InChI is InChI=1S/C29H32N2O4/c1-19-20(16-17-26(32)33)9-5-11-25(19)31-28(34)27(22-7-3-4-8-22)23-14-12-21(13-15-23)24-10-6-18-30-29(24)35-2/h5-6,9-15,18,22,27H,3-4,7-8,16-17H2,1-2H3,(H,31,34)(H,32,33). The number of anilines is 1. The smallest absolute Gasteiger partial charge is 0.303 e. The monoisotopic (exact) mass is 472 g/mol. The third-order valence-corrected chi connectivity index (χ3v) is 7.01. The van der Waals surface area contributed by atoms with E-state index in [9.17, 15) is 9.59 Å². The number of hydrogen-bond acceptors (Lipinski definition) is 4. The van der Waals surface area contributed by atoms with Crippen LogP contribution < -0.4 is 10.1 Å². The fraction of sp³-hybridized carbons (Fsp3) is 0.345. The number of aliphatic carboxylic acids is 1. The van der Waals surface area contributed by atoms with Crippen molar-refractivity contribution in [3.8, 4) is 17.0 Å². The van der Waals surface area contributed by atoms with Gasteiger partial charge in [0.05, 0.1) is 13.0 Å². The van der Waals surface area contributed by atoms with Crippen LogP contribution in [0.15, 0.2) is 60.8 Å². The van der Waals surface area contributed by atoms with Crippen LogP contribution in [0.4, 0.5) is 5.69 Å². The molecule has 1 fully saturated rings. The van der Waals surface area contributed by atoms with Crippen molar-refractivity contribution in [3.63, 3.8) is 0 Å². The molecule has 0 radical (unpaired) electrons. The second-order valence-electron chi connectivity index (χ2n) is 9.18. The Kier molecular flexibility index (Phi) is 7.80. The maximum Gasteiger partial charge on any atom is 0.303 e. The highest BCUT2D eigenvalue weighted by Crippen LogP contribution is 2.39. The summed E-state index contributed by atoms with van der Waals surface area (Å²) >= 11 is 0. The van der Waals surface area contributed by atoms with Crippen molar-refractivity contribution in [1.82, 2.24) is 4.98 Å². The highest BCUT2D eigenvalue weighted by molar-refractivity contribution is 5.97. The van der Waals surface area contributed by atoms with Crippen molar-refractivity contribution >= 4 is 17.6 Å². The minimum absolute atomic E-state index is 0.0120. The number of aromatic nitrogens is 1. The molecule has 1 aliphatic carbocycles. The number of nitrogens with one attached hydrogen (secondary N) is 1. The molecule has 1 atom stereocenters. The Bertz CT molecular complexity index is 1180. The fourth-order valence-electron chi connectivity index (χ4n) is 5.11. The van der Waals surface area contributed by atoms with Crippen molar-refractivity contribution in [3.05, 3.63) is 77.5 Å². The summed E-state index contributed by atoms with van der Waals surface area (Å²) in [5, 5.41) is 12.2. The van der Waals surface area contributed by atoms with Gasteiger partial charge in [0, 0.05) is 23.9 Å². The molecule has 1 unspecified atom stereocenters. The molecule has 4 rings (SSSR count). The number of carbonyl (C=O) groups is 2. The largest absolute Gasteiger partial charge is 0.481 e. The maximum atomic E-state index is 13.6. The van der Waals surface area contributed by atoms with Crippen LogP contribution in [0.2, 0.25) is 0 Å². The molecule has 1 aliphatic rings. The Labute approximate surface area is 206 Å². The molecule has 0 aliphatic heterocycles. The lowest BCUT2D eigenvalue weighted by Crippen LogP contribution is -2.27. The lowest BCUT2D eigenvalue weighted by molar-refractivity contribution is -0.137. The van der Waals surface area contributed by atoms with Gasteiger partial charge in [0.15, 0.2) is 0 Å². The first-order chi connectivity index (χ1) is 17.0. The highest BCUT2D eigenvalue weighted by Gasteiger charge is 2.32. The number of carboxylic acids is 1. The van der Waals surface area contributed by atoms with Crippen LogP contribution in [0, 0.1) is 12.8 Å². The van der Waals surface area contributed by atoms with Crippen molar-refractivity contribution in [2.24, 2.45) is 5.92 Å². The predicted octanol–water partition coefficient (Wildman–Crippen LogP) is 6.00. The third-order valence-electron chi connectivity index (χ3n) is 7.01. The zero-order chi connectivity index (χ0) is 24.8. The summed E-state index contributed by atoms with van der Waals surface area (Å²) in [6, 6.07) is 17.7. The zero-order valence-corrected chi connectivity index (χ0v) is 20.3. The van der Waals surface area contributed by atoms with Crippen LogP contribution in [-0.2, 0) is 16.0 Å². The van der Waals surface area contributed by atoms with Crippen LogP contribution in [0.1, 0.15) is 54.7 Å². The fourth-order valence-corrected chi connectivity index (χ4v) is 5.11. The predicted molar refractivity (Wildman–Crippen MR) is 137 cm³/mol. The van der Waals surface area contributed by atoms with Crippen molar-refractivity contribution < 1.29 is 19.4 Å². The minimum atomic E-state index is -0.826. The van der Waals surface area contributed by atoms with Crippen LogP contribution in [0.5, 0.6) is 5.88 Å². The molecule has 0 bridgehead atoms. The number of carbonyl (C=O) groups excluding carboxylic acids is 1.